The van der Waals surface area contributed by atoms with Crippen molar-refractivity contribution in [2.75, 3.05) is 18.5 Å². The van der Waals surface area contributed by atoms with Gasteiger partial charge in [0.25, 0.3) is 0 Å². The van der Waals surface area contributed by atoms with Gasteiger partial charge in [-0.2, -0.15) is 0 Å². The number of fused-ring (bicyclic) bond motifs is 1. The molecule has 0 aromatic heterocycles. The third kappa shape index (κ3) is 2.71. The molecule has 1 aromatic carbocycles. The Bertz CT molecular complexity index is 459. The van der Waals surface area contributed by atoms with Gasteiger partial charge in [0.1, 0.15) is 0 Å². The van der Waals surface area contributed by atoms with Gasteiger partial charge in [0.05, 0.1) is 23.9 Å². The molecule has 1 N–H and O–H groups in total. The van der Waals surface area contributed by atoms with Gasteiger partial charge in [0.2, 0.25) is 5.91 Å². The fourth-order valence-electron chi connectivity index (χ4n) is 1.46. The minimum absolute atomic E-state index is 0.318. The number of carbonyl (C=O) groups is 1. The van der Waals surface area contributed by atoms with Gasteiger partial charge in [0.15, 0.2) is 11.5 Å². The zero-order valence-electron chi connectivity index (χ0n) is 9.16. The summed E-state index contributed by atoms with van der Waals surface area (Å²) >= 11 is 6.03. The second-order valence-corrected chi connectivity index (χ2v) is 3.93. The van der Waals surface area contributed by atoms with E-state index >= 15 is 0 Å². The van der Waals surface area contributed by atoms with Gasteiger partial charge in [0, 0.05) is 18.6 Å². The molecule has 17 heavy (non-hydrogen) atoms. The first-order valence-electron chi connectivity index (χ1n) is 5.23. The normalized spacial score (nSPS) is 13.7. The third-order valence-electron chi connectivity index (χ3n) is 2.28. The summed E-state index contributed by atoms with van der Waals surface area (Å²) in [5, 5.41) is 3.01. The number of ether oxygens (including phenoxy) is 2. The van der Waals surface area contributed by atoms with Gasteiger partial charge in [-0.25, -0.2) is 0 Å². The Balaban J connectivity index is 2.31. The number of rotatable bonds is 2. The lowest BCUT2D eigenvalue weighted by molar-refractivity contribution is -0.111. The van der Waals surface area contributed by atoms with Gasteiger partial charge in [-0.1, -0.05) is 18.2 Å². The second-order valence-electron chi connectivity index (χ2n) is 3.52. The molecule has 0 bridgehead atoms. The van der Waals surface area contributed by atoms with E-state index in [1.54, 1.807) is 12.1 Å². The van der Waals surface area contributed by atoms with E-state index in [0.717, 1.165) is 6.42 Å². The molecular weight excluding hydrogens is 242 g/mol. The van der Waals surface area contributed by atoms with Crippen molar-refractivity contribution in [2.45, 2.75) is 6.42 Å². The van der Waals surface area contributed by atoms with Crippen LogP contribution in [-0.4, -0.2) is 19.1 Å². The van der Waals surface area contributed by atoms with Crippen molar-refractivity contribution < 1.29 is 14.3 Å². The summed E-state index contributed by atoms with van der Waals surface area (Å²) in [6.45, 7) is 4.56. The standard InChI is InChI=1S/C12H12ClNO3/c1-2-12(15)14-9-7-11-10(6-8(9)13)16-4-3-5-17-11/h2,6-7H,1,3-5H2,(H,14,15). The SMILES string of the molecule is C=CC(=O)Nc1cc2c(cc1Cl)OCCCO2. The predicted octanol–water partition coefficient (Wildman–Crippen LogP) is 2.63. The van der Waals surface area contributed by atoms with E-state index in [1.807, 2.05) is 0 Å². The zero-order chi connectivity index (χ0) is 12.3. The van der Waals surface area contributed by atoms with Crippen LogP contribution in [0.2, 0.25) is 5.02 Å². The second kappa shape index (κ2) is 5.10. The molecule has 1 heterocycles. The Morgan fingerprint density at radius 3 is 2.65 bits per heavy atom. The Morgan fingerprint density at radius 1 is 1.35 bits per heavy atom. The fraction of sp³-hybridized carbons (Fsp3) is 0.250. The zero-order valence-corrected chi connectivity index (χ0v) is 9.92. The van der Waals surface area contributed by atoms with Gasteiger partial charge in [-0.15, -0.1) is 0 Å². The first-order chi connectivity index (χ1) is 8.20. The molecule has 0 aliphatic carbocycles. The van der Waals surface area contributed by atoms with Crippen LogP contribution in [0.5, 0.6) is 11.5 Å². The number of anilines is 1. The number of carbonyl (C=O) groups excluding carboxylic acids is 1. The van der Waals surface area contributed by atoms with E-state index in [2.05, 4.69) is 11.9 Å². The molecule has 0 saturated heterocycles. The van der Waals surface area contributed by atoms with Crippen LogP contribution in [0.15, 0.2) is 24.8 Å². The highest BCUT2D eigenvalue weighted by molar-refractivity contribution is 6.34. The maximum absolute atomic E-state index is 11.2. The molecule has 90 valence electrons. The summed E-state index contributed by atoms with van der Waals surface area (Å²) in [6, 6.07) is 3.30. The van der Waals surface area contributed by atoms with Crippen molar-refractivity contribution in [2.24, 2.45) is 0 Å². The molecule has 1 amide bonds. The highest BCUT2D eigenvalue weighted by atomic mass is 35.5. The van der Waals surface area contributed by atoms with Gasteiger partial charge < -0.3 is 14.8 Å². The maximum atomic E-state index is 11.2. The quantitative estimate of drug-likeness (QED) is 0.825. The van der Waals surface area contributed by atoms with Crippen LogP contribution in [-0.2, 0) is 4.79 Å². The summed E-state index contributed by atoms with van der Waals surface area (Å²) in [7, 11) is 0. The summed E-state index contributed by atoms with van der Waals surface area (Å²) in [5.41, 5.74) is 0.487. The fourth-order valence-corrected chi connectivity index (χ4v) is 1.66. The smallest absolute Gasteiger partial charge is 0.247 e. The average Bonchev–Trinajstić information content (AvgIpc) is 2.54. The topological polar surface area (TPSA) is 47.6 Å². The Morgan fingerprint density at radius 2 is 2.00 bits per heavy atom. The lowest BCUT2D eigenvalue weighted by atomic mass is 10.2. The van der Waals surface area contributed by atoms with Crippen molar-refractivity contribution in [1.82, 2.24) is 0 Å². The number of halogens is 1. The van der Waals surface area contributed by atoms with Crippen LogP contribution >= 0.6 is 11.6 Å². The van der Waals surface area contributed by atoms with Gasteiger partial charge in [-0.05, 0) is 6.08 Å². The Kier molecular flexibility index (Phi) is 3.54. The lowest BCUT2D eigenvalue weighted by Gasteiger charge is -2.11. The van der Waals surface area contributed by atoms with E-state index in [4.69, 9.17) is 21.1 Å². The molecule has 1 aliphatic rings. The van der Waals surface area contributed by atoms with Crippen LogP contribution in [0.1, 0.15) is 6.42 Å². The van der Waals surface area contributed by atoms with Crippen LogP contribution in [0.25, 0.3) is 0 Å². The van der Waals surface area contributed by atoms with Crippen LogP contribution in [0.4, 0.5) is 5.69 Å². The number of benzene rings is 1. The van der Waals surface area contributed by atoms with Crippen molar-refractivity contribution in [3.05, 3.63) is 29.8 Å². The van der Waals surface area contributed by atoms with Crippen molar-refractivity contribution >= 4 is 23.2 Å². The molecule has 0 unspecified atom stereocenters. The number of hydrogen-bond donors (Lipinski definition) is 1. The average molecular weight is 254 g/mol. The highest BCUT2D eigenvalue weighted by Crippen LogP contribution is 2.37. The Labute approximate surface area is 104 Å². The molecule has 0 radical (unpaired) electrons. The summed E-state index contributed by atoms with van der Waals surface area (Å²) in [4.78, 5) is 11.2. The molecular formula is C12H12ClNO3. The molecule has 2 rings (SSSR count). The van der Waals surface area contributed by atoms with E-state index in [0.29, 0.717) is 35.4 Å². The molecule has 0 spiro atoms. The first kappa shape index (κ1) is 11.8. The maximum Gasteiger partial charge on any atom is 0.247 e. The van der Waals surface area contributed by atoms with Gasteiger partial charge in [-0.3, -0.25) is 4.79 Å². The van der Waals surface area contributed by atoms with Gasteiger partial charge >= 0.3 is 0 Å². The summed E-state index contributed by atoms with van der Waals surface area (Å²) < 4.78 is 11.0. The third-order valence-corrected chi connectivity index (χ3v) is 2.59. The van der Waals surface area contributed by atoms with E-state index in [-0.39, 0.29) is 5.91 Å². The summed E-state index contributed by atoms with van der Waals surface area (Å²) in [6.07, 6.45) is 2.00. The first-order valence-corrected chi connectivity index (χ1v) is 5.61. The van der Waals surface area contributed by atoms with Crippen molar-refractivity contribution in [3.63, 3.8) is 0 Å². The minimum Gasteiger partial charge on any atom is -0.490 e. The molecule has 0 atom stereocenters. The van der Waals surface area contributed by atoms with E-state index in [1.165, 1.54) is 6.08 Å². The van der Waals surface area contributed by atoms with Crippen LogP contribution in [0, 0.1) is 0 Å². The Hall–Kier alpha value is -1.68. The van der Waals surface area contributed by atoms with Crippen LogP contribution < -0.4 is 14.8 Å². The largest absolute Gasteiger partial charge is 0.490 e. The molecule has 0 fully saturated rings. The van der Waals surface area contributed by atoms with E-state index in [9.17, 15) is 4.79 Å². The summed E-state index contributed by atoms with van der Waals surface area (Å²) in [5.74, 6) is 0.872. The molecule has 1 aromatic rings. The number of hydrogen-bond acceptors (Lipinski definition) is 3. The lowest BCUT2D eigenvalue weighted by Crippen LogP contribution is -2.08. The molecule has 1 aliphatic heterocycles. The van der Waals surface area contributed by atoms with Crippen molar-refractivity contribution in [3.8, 4) is 11.5 Å². The molecule has 0 saturated carbocycles. The van der Waals surface area contributed by atoms with Crippen molar-refractivity contribution in [1.29, 1.82) is 0 Å². The highest BCUT2D eigenvalue weighted by Gasteiger charge is 2.14. The number of amides is 1. The predicted molar refractivity (Wildman–Crippen MR) is 65.9 cm³/mol. The molecule has 5 heteroatoms. The number of nitrogens with one attached hydrogen (secondary N) is 1. The van der Waals surface area contributed by atoms with E-state index < -0.39 is 0 Å². The van der Waals surface area contributed by atoms with Crippen LogP contribution in [0.3, 0.4) is 0 Å². The monoisotopic (exact) mass is 253 g/mol. The molecule has 4 nitrogen and oxygen atoms in total. The minimum atomic E-state index is -0.318.